The van der Waals surface area contributed by atoms with E-state index in [0.717, 1.165) is 23.5 Å². The van der Waals surface area contributed by atoms with Crippen molar-refractivity contribution in [3.05, 3.63) is 29.9 Å². The normalized spacial score (nSPS) is 18.2. The van der Waals surface area contributed by atoms with Crippen LogP contribution in [0.25, 0.3) is 10.7 Å². The van der Waals surface area contributed by atoms with E-state index in [1.807, 2.05) is 28.3 Å². The van der Waals surface area contributed by atoms with Gasteiger partial charge in [0, 0.05) is 12.4 Å². The molecule has 1 fully saturated rings. The van der Waals surface area contributed by atoms with Gasteiger partial charge in [-0.05, 0) is 30.2 Å². The second-order valence-electron chi connectivity index (χ2n) is 4.78. The third-order valence-electron chi connectivity index (χ3n) is 3.40. The van der Waals surface area contributed by atoms with Crippen LogP contribution >= 0.6 is 11.3 Å². The van der Waals surface area contributed by atoms with Gasteiger partial charge in [0.2, 0.25) is 0 Å². The molecule has 2 aromatic heterocycles. The number of imidazole rings is 1. The van der Waals surface area contributed by atoms with Crippen molar-refractivity contribution in [2.75, 3.05) is 0 Å². The van der Waals surface area contributed by atoms with Gasteiger partial charge >= 0.3 is 0 Å². The Hall–Kier alpha value is -1.64. The van der Waals surface area contributed by atoms with Crippen molar-refractivity contribution in [3.63, 3.8) is 0 Å². The van der Waals surface area contributed by atoms with Crippen LogP contribution in [0, 0.1) is 17.2 Å². The highest BCUT2D eigenvalue weighted by atomic mass is 32.1. The van der Waals surface area contributed by atoms with Gasteiger partial charge in [-0.1, -0.05) is 6.07 Å². The average Bonchev–Trinajstić information content (AvgIpc) is 2.92. The molecule has 1 aliphatic carbocycles. The zero-order chi connectivity index (χ0) is 12.6. The SMILES string of the molecule is N#CC(N)(Cn1ccnc1-c1cccs1)C1CC1. The van der Waals surface area contributed by atoms with Gasteiger partial charge in [0.05, 0.1) is 17.5 Å². The molecule has 0 aromatic carbocycles. The van der Waals surface area contributed by atoms with E-state index in [1.165, 1.54) is 0 Å². The summed E-state index contributed by atoms with van der Waals surface area (Å²) in [7, 11) is 0. The molecule has 2 aromatic rings. The van der Waals surface area contributed by atoms with Crippen molar-refractivity contribution in [1.82, 2.24) is 9.55 Å². The maximum absolute atomic E-state index is 9.31. The fraction of sp³-hybridized carbons (Fsp3) is 0.385. The highest BCUT2D eigenvalue weighted by Gasteiger charge is 2.43. The lowest BCUT2D eigenvalue weighted by Crippen LogP contribution is -2.44. The van der Waals surface area contributed by atoms with E-state index >= 15 is 0 Å². The van der Waals surface area contributed by atoms with Crippen LogP contribution in [-0.2, 0) is 6.54 Å². The largest absolute Gasteiger partial charge is 0.327 e. The summed E-state index contributed by atoms with van der Waals surface area (Å²) < 4.78 is 1.99. The minimum absolute atomic E-state index is 0.334. The van der Waals surface area contributed by atoms with Gasteiger partial charge in [0.15, 0.2) is 0 Å². The van der Waals surface area contributed by atoms with Crippen molar-refractivity contribution in [2.45, 2.75) is 24.9 Å². The number of nitriles is 1. The van der Waals surface area contributed by atoms with E-state index < -0.39 is 5.54 Å². The number of rotatable bonds is 4. The summed E-state index contributed by atoms with van der Waals surface area (Å²) in [4.78, 5) is 5.47. The van der Waals surface area contributed by atoms with E-state index in [-0.39, 0.29) is 0 Å². The lowest BCUT2D eigenvalue weighted by atomic mass is 9.96. The lowest BCUT2D eigenvalue weighted by molar-refractivity contribution is 0.407. The fourth-order valence-electron chi connectivity index (χ4n) is 2.20. The van der Waals surface area contributed by atoms with E-state index in [2.05, 4.69) is 11.1 Å². The van der Waals surface area contributed by atoms with Crippen LogP contribution in [0.4, 0.5) is 0 Å². The van der Waals surface area contributed by atoms with Crippen LogP contribution in [0.1, 0.15) is 12.8 Å². The van der Waals surface area contributed by atoms with Gasteiger partial charge in [-0.15, -0.1) is 11.3 Å². The summed E-state index contributed by atoms with van der Waals surface area (Å²) in [6.07, 6.45) is 5.79. The quantitative estimate of drug-likeness (QED) is 0.914. The van der Waals surface area contributed by atoms with Crippen LogP contribution in [0.15, 0.2) is 29.9 Å². The van der Waals surface area contributed by atoms with E-state index in [4.69, 9.17) is 5.73 Å². The molecule has 1 aliphatic rings. The summed E-state index contributed by atoms with van der Waals surface area (Å²) in [5, 5.41) is 11.3. The number of aromatic nitrogens is 2. The van der Waals surface area contributed by atoms with Crippen molar-refractivity contribution >= 4 is 11.3 Å². The molecule has 4 nitrogen and oxygen atoms in total. The molecule has 1 saturated carbocycles. The van der Waals surface area contributed by atoms with Gasteiger partial charge in [0.1, 0.15) is 11.4 Å². The van der Waals surface area contributed by atoms with Gasteiger partial charge in [-0.25, -0.2) is 4.98 Å². The highest BCUT2D eigenvalue weighted by molar-refractivity contribution is 7.13. The Labute approximate surface area is 110 Å². The second-order valence-corrected chi connectivity index (χ2v) is 5.73. The minimum atomic E-state index is -0.757. The van der Waals surface area contributed by atoms with Crippen LogP contribution in [-0.4, -0.2) is 15.1 Å². The van der Waals surface area contributed by atoms with Crippen molar-refractivity contribution < 1.29 is 0 Å². The zero-order valence-corrected chi connectivity index (χ0v) is 10.7. The Morgan fingerprint density at radius 3 is 3.06 bits per heavy atom. The van der Waals surface area contributed by atoms with Gasteiger partial charge in [-0.3, -0.25) is 0 Å². The molecule has 2 N–H and O–H groups in total. The summed E-state index contributed by atoms with van der Waals surface area (Å²) in [5.74, 6) is 1.23. The van der Waals surface area contributed by atoms with Gasteiger partial charge in [-0.2, -0.15) is 5.26 Å². The maximum Gasteiger partial charge on any atom is 0.150 e. The summed E-state index contributed by atoms with van der Waals surface area (Å²) in [5.41, 5.74) is 5.45. The average molecular weight is 258 g/mol. The summed E-state index contributed by atoms with van der Waals surface area (Å²) in [6, 6.07) is 6.32. The molecule has 5 heteroatoms. The van der Waals surface area contributed by atoms with E-state index in [1.54, 1.807) is 17.5 Å². The molecule has 0 saturated heterocycles. The molecule has 3 rings (SSSR count). The number of hydrogen-bond acceptors (Lipinski definition) is 4. The molecule has 0 aliphatic heterocycles. The van der Waals surface area contributed by atoms with Crippen LogP contribution in [0.2, 0.25) is 0 Å². The van der Waals surface area contributed by atoms with Gasteiger partial charge < -0.3 is 10.3 Å². The van der Waals surface area contributed by atoms with E-state index in [9.17, 15) is 5.26 Å². The monoisotopic (exact) mass is 258 g/mol. The van der Waals surface area contributed by atoms with Crippen LogP contribution in [0.5, 0.6) is 0 Å². The predicted molar refractivity (Wildman–Crippen MR) is 70.8 cm³/mol. The first-order valence-corrected chi connectivity index (χ1v) is 6.86. The molecular weight excluding hydrogens is 244 g/mol. The Bertz CT molecular complexity index is 576. The number of nitrogens with two attached hydrogens (primary N) is 1. The number of thiophene rings is 1. The number of hydrogen-bond donors (Lipinski definition) is 1. The molecule has 0 bridgehead atoms. The molecule has 18 heavy (non-hydrogen) atoms. The first kappa shape index (κ1) is 11.5. The third-order valence-corrected chi connectivity index (χ3v) is 4.27. The molecule has 92 valence electrons. The Balaban J connectivity index is 1.90. The topological polar surface area (TPSA) is 67.6 Å². The van der Waals surface area contributed by atoms with Crippen LogP contribution in [0.3, 0.4) is 0 Å². The fourth-order valence-corrected chi connectivity index (χ4v) is 2.94. The Morgan fingerprint density at radius 1 is 1.61 bits per heavy atom. The first-order chi connectivity index (χ1) is 8.73. The Kier molecular flexibility index (Phi) is 2.69. The van der Waals surface area contributed by atoms with Crippen molar-refractivity contribution in [3.8, 4) is 16.8 Å². The van der Waals surface area contributed by atoms with Crippen LogP contribution < -0.4 is 5.73 Å². The first-order valence-electron chi connectivity index (χ1n) is 5.98. The standard InChI is InChI=1S/C13H14N4S/c14-8-13(15,10-3-4-10)9-17-6-5-16-12(17)11-2-1-7-18-11/h1-2,5-7,10H,3-4,9,15H2. The predicted octanol–water partition coefficient (Wildman–Crippen LogP) is 2.24. The lowest BCUT2D eigenvalue weighted by Gasteiger charge is -2.22. The summed E-state index contributed by atoms with van der Waals surface area (Å²) in [6.45, 7) is 0.515. The smallest absolute Gasteiger partial charge is 0.150 e. The summed E-state index contributed by atoms with van der Waals surface area (Å²) >= 11 is 1.65. The van der Waals surface area contributed by atoms with Crippen molar-refractivity contribution in [1.29, 1.82) is 5.26 Å². The molecule has 0 radical (unpaired) electrons. The Morgan fingerprint density at radius 2 is 2.44 bits per heavy atom. The molecular formula is C13H14N4S. The second kappa shape index (κ2) is 4.23. The molecule has 1 atom stereocenters. The molecule has 0 spiro atoms. The van der Waals surface area contributed by atoms with Crippen molar-refractivity contribution in [2.24, 2.45) is 11.7 Å². The maximum atomic E-state index is 9.31. The minimum Gasteiger partial charge on any atom is -0.327 e. The van der Waals surface area contributed by atoms with E-state index in [0.29, 0.717) is 12.5 Å². The third kappa shape index (κ3) is 1.94. The molecule has 1 unspecified atom stereocenters. The zero-order valence-electron chi connectivity index (χ0n) is 9.91. The highest BCUT2D eigenvalue weighted by Crippen LogP contribution is 2.39. The van der Waals surface area contributed by atoms with Gasteiger partial charge in [0.25, 0.3) is 0 Å². The molecule has 2 heterocycles. The number of nitrogens with zero attached hydrogens (tertiary/aromatic N) is 3. The molecule has 0 amide bonds.